The van der Waals surface area contributed by atoms with Gasteiger partial charge in [0.25, 0.3) is 11.8 Å². The van der Waals surface area contributed by atoms with Gasteiger partial charge in [-0.05, 0) is 36.8 Å². The Bertz CT molecular complexity index is 1060. The van der Waals surface area contributed by atoms with Gasteiger partial charge < -0.3 is 5.32 Å². The summed E-state index contributed by atoms with van der Waals surface area (Å²) in [5.41, 5.74) is 1.31. The first-order valence-corrected chi connectivity index (χ1v) is 9.85. The van der Waals surface area contributed by atoms with Crippen molar-refractivity contribution in [3.05, 3.63) is 59.2 Å². The molecule has 1 aliphatic heterocycles. The number of aryl methyl sites for hydroxylation is 1. The van der Waals surface area contributed by atoms with E-state index in [1.165, 1.54) is 32.3 Å². The smallest absolute Gasteiger partial charge is 0.262 e. The molecule has 0 saturated heterocycles. The monoisotopic (exact) mass is 401 g/mol. The highest BCUT2D eigenvalue weighted by atomic mass is 32.2. The third kappa shape index (κ3) is 3.41. The number of fused-ring (bicyclic) bond motifs is 1. The Morgan fingerprint density at radius 3 is 2.14 bits per heavy atom. The Labute approximate surface area is 162 Å². The lowest BCUT2D eigenvalue weighted by Crippen LogP contribution is -2.37. The zero-order valence-corrected chi connectivity index (χ0v) is 16.4. The first-order valence-electron chi connectivity index (χ1n) is 8.41. The second kappa shape index (κ2) is 7.17. The lowest BCUT2D eigenvalue weighted by atomic mass is 10.1. The van der Waals surface area contributed by atoms with Crippen LogP contribution in [0.1, 0.15) is 26.3 Å². The summed E-state index contributed by atoms with van der Waals surface area (Å²) < 4.78 is 25.9. The van der Waals surface area contributed by atoms with E-state index in [2.05, 4.69) is 5.32 Å². The number of carbonyl (C=O) groups excluding carboxylic acids is 3. The third-order valence-corrected chi connectivity index (χ3v) is 6.37. The molecule has 3 rings (SSSR count). The molecular weight excluding hydrogens is 382 g/mol. The predicted molar refractivity (Wildman–Crippen MR) is 102 cm³/mol. The van der Waals surface area contributed by atoms with Crippen LogP contribution in [-0.2, 0) is 14.8 Å². The van der Waals surface area contributed by atoms with Crippen LogP contribution in [0.2, 0.25) is 0 Å². The molecule has 28 heavy (non-hydrogen) atoms. The lowest BCUT2D eigenvalue weighted by Gasteiger charge is -2.16. The highest BCUT2D eigenvalue weighted by Crippen LogP contribution is 2.24. The molecule has 0 aromatic heterocycles. The molecule has 0 radical (unpaired) electrons. The summed E-state index contributed by atoms with van der Waals surface area (Å²) in [6, 6.07) is 10.8. The lowest BCUT2D eigenvalue weighted by molar-refractivity contribution is -0.116. The Morgan fingerprint density at radius 1 is 1.04 bits per heavy atom. The first-order chi connectivity index (χ1) is 13.1. The average molecular weight is 401 g/mol. The van der Waals surface area contributed by atoms with Crippen LogP contribution in [0.4, 0.5) is 5.69 Å². The van der Waals surface area contributed by atoms with E-state index < -0.39 is 34.3 Å². The zero-order chi connectivity index (χ0) is 20.6. The van der Waals surface area contributed by atoms with Crippen LogP contribution >= 0.6 is 0 Å². The minimum atomic E-state index is -3.68. The van der Waals surface area contributed by atoms with Gasteiger partial charge in [0.2, 0.25) is 15.9 Å². The fraction of sp³-hybridized carbons (Fsp3) is 0.211. The van der Waals surface area contributed by atoms with Crippen molar-refractivity contribution >= 4 is 33.4 Å². The Balaban J connectivity index is 1.78. The largest absolute Gasteiger partial charge is 0.324 e. The van der Waals surface area contributed by atoms with Crippen LogP contribution in [0.5, 0.6) is 0 Å². The SMILES string of the molecule is Cc1ccc(NC(=O)CN2C(=O)c3ccccc3C2=O)cc1S(=O)(=O)N(C)C. The number of nitrogens with one attached hydrogen (secondary N) is 1. The van der Waals surface area contributed by atoms with Crippen molar-refractivity contribution in [2.45, 2.75) is 11.8 Å². The van der Waals surface area contributed by atoms with Crippen LogP contribution < -0.4 is 5.32 Å². The van der Waals surface area contributed by atoms with Gasteiger partial charge in [-0.1, -0.05) is 18.2 Å². The molecule has 0 saturated carbocycles. The molecule has 3 amide bonds. The summed E-state index contributed by atoms with van der Waals surface area (Å²) in [7, 11) is -0.841. The van der Waals surface area contributed by atoms with Crippen LogP contribution in [0.3, 0.4) is 0 Å². The molecule has 1 aliphatic rings. The maximum absolute atomic E-state index is 12.4. The highest BCUT2D eigenvalue weighted by molar-refractivity contribution is 7.89. The maximum Gasteiger partial charge on any atom is 0.262 e. The average Bonchev–Trinajstić information content (AvgIpc) is 2.88. The summed E-state index contributed by atoms with van der Waals surface area (Å²) in [5.74, 6) is -1.67. The van der Waals surface area contributed by atoms with Crippen LogP contribution in [0.25, 0.3) is 0 Å². The summed E-state index contributed by atoms with van der Waals surface area (Å²) >= 11 is 0. The fourth-order valence-corrected chi connectivity index (χ4v) is 4.02. The molecule has 0 fully saturated rings. The number of nitrogens with zero attached hydrogens (tertiary/aromatic N) is 2. The summed E-state index contributed by atoms with van der Waals surface area (Å²) in [5, 5.41) is 2.55. The zero-order valence-electron chi connectivity index (χ0n) is 15.6. The van der Waals surface area contributed by atoms with Gasteiger partial charge in [-0.15, -0.1) is 0 Å². The van der Waals surface area contributed by atoms with Crippen molar-refractivity contribution in [2.24, 2.45) is 0 Å². The van der Waals surface area contributed by atoms with Crippen molar-refractivity contribution in [3.8, 4) is 0 Å². The molecule has 9 heteroatoms. The van der Waals surface area contributed by atoms with E-state index in [0.717, 1.165) is 9.21 Å². The standard InChI is InChI=1S/C19H19N3O5S/c1-12-8-9-13(10-16(12)28(26,27)21(2)3)20-17(23)11-22-18(24)14-6-4-5-7-15(14)19(22)25/h4-10H,11H2,1-3H3,(H,20,23). The number of hydrogen-bond donors (Lipinski definition) is 1. The molecule has 0 spiro atoms. The van der Waals surface area contributed by atoms with Crippen molar-refractivity contribution in [1.82, 2.24) is 9.21 Å². The van der Waals surface area contributed by atoms with E-state index in [-0.39, 0.29) is 21.7 Å². The number of benzene rings is 2. The molecule has 0 bridgehead atoms. The van der Waals surface area contributed by atoms with E-state index >= 15 is 0 Å². The minimum absolute atomic E-state index is 0.0658. The van der Waals surface area contributed by atoms with Crippen LogP contribution in [0, 0.1) is 6.92 Å². The third-order valence-electron chi connectivity index (χ3n) is 4.41. The van der Waals surface area contributed by atoms with Crippen molar-refractivity contribution in [2.75, 3.05) is 26.0 Å². The van der Waals surface area contributed by atoms with Crippen LogP contribution in [0.15, 0.2) is 47.4 Å². The molecule has 0 atom stereocenters. The van der Waals surface area contributed by atoms with Crippen LogP contribution in [-0.4, -0.2) is 56.0 Å². The van der Waals surface area contributed by atoms with E-state index in [9.17, 15) is 22.8 Å². The number of sulfonamides is 1. The molecule has 8 nitrogen and oxygen atoms in total. The topological polar surface area (TPSA) is 104 Å². The quantitative estimate of drug-likeness (QED) is 0.765. The second-order valence-corrected chi connectivity index (χ2v) is 8.68. The molecule has 1 N–H and O–H groups in total. The molecule has 0 aliphatic carbocycles. The normalized spacial score (nSPS) is 13.8. The molecular formula is C19H19N3O5S. The van der Waals surface area contributed by atoms with Crippen molar-refractivity contribution in [1.29, 1.82) is 0 Å². The minimum Gasteiger partial charge on any atom is -0.324 e. The number of anilines is 1. The number of imide groups is 1. The van der Waals surface area contributed by atoms with Gasteiger partial charge in [-0.25, -0.2) is 12.7 Å². The van der Waals surface area contributed by atoms with Crippen molar-refractivity contribution in [3.63, 3.8) is 0 Å². The van der Waals surface area contributed by atoms with Gasteiger partial charge in [0.1, 0.15) is 6.54 Å². The number of rotatable bonds is 5. The molecule has 1 heterocycles. The fourth-order valence-electron chi connectivity index (χ4n) is 2.88. The number of carbonyl (C=O) groups is 3. The molecule has 0 unspecified atom stereocenters. The first kappa shape index (κ1) is 19.7. The predicted octanol–water partition coefficient (Wildman–Crippen LogP) is 1.48. The summed E-state index contributed by atoms with van der Waals surface area (Å²) in [4.78, 5) is 38.0. The molecule has 146 valence electrons. The van der Waals surface area contributed by atoms with E-state index in [1.807, 2.05) is 0 Å². The Kier molecular flexibility index (Phi) is 5.05. The Hall–Kier alpha value is -3.04. The highest BCUT2D eigenvalue weighted by Gasteiger charge is 2.36. The van der Waals surface area contributed by atoms with E-state index in [4.69, 9.17) is 0 Å². The van der Waals surface area contributed by atoms with Gasteiger partial charge in [0.15, 0.2) is 0 Å². The van der Waals surface area contributed by atoms with E-state index in [0.29, 0.717) is 5.56 Å². The summed E-state index contributed by atoms with van der Waals surface area (Å²) in [6.45, 7) is 1.19. The van der Waals surface area contributed by atoms with E-state index in [1.54, 1.807) is 31.2 Å². The Morgan fingerprint density at radius 2 is 1.61 bits per heavy atom. The number of hydrogen-bond acceptors (Lipinski definition) is 5. The van der Waals surface area contributed by atoms with Gasteiger partial charge in [0.05, 0.1) is 16.0 Å². The van der Waals surface area contributed by atoms with Crippen molar-refractivity contribution < 1.29 is 22.8 Å². The summed E-state index contributed by atoms with van der Waals surface area (Å²) in [6.07, 6.45) is 0. The van der Waals surface area contributed by atoms with Gasteiger partial charge in [0, 0.05) is 19.8 Å². The van der Waals surface area contributed by atoms with Gasteiger partial charge in [-0.2, -0.15) is 0 Å². The maximum atomic E-state index is 12.4. The molecule has 2 aromatic rings. The second-order valence-electron chi connectivity index (χ2n) is 6.56. The van der Waals surface area contributed by atoms with Gasteiger partial charge in [-0.3, -0.25) is 19.3 Å². The number of amides is 3. The van der Waals surface area contributed by atoms with Gasteiger partial charge >= 0.3 is 0 Å². The molecule has 2 aromatic carbocycles.